The summed E-state index contributed by atoms with van der Waals surface area (Å²) in [6.07, 6.45) is 8.65. The summed E-state index contributed by atoms with van der Waals surface area (Å²) in [5.41, 5.74) is 0. The Bertz CT molecular complexity index is 494. The highest BCUT2D eigenvalue weighted by atomic mass is 16.5. The van der Waals surface area contributed by atoms with Gasteiger partial charge in [-0.25, -0.2) is 4.98 Å². The zero-order valence-corrected chi connectivity index (χ0v) is 13.5. The van der Waals surface area contributed by atoms with E-state index < -0.39 is 0 Å². The molecule has 1 saturated carbocycles. The molecule has 2 aliphatic heterocycles. The van der Waals surface area contributed by atoms with Crippen molar-refractivity contribution < 1.29 is 9.15 Å². The number of likely N-dealkylation sites (tertiary alicyclic amines) is 2. The van der Waals surface area contributed by atoms with E-state index in [4.69, 9.17) is 9.15 Å². The van der Waals surface area contributed by atoms with Gasteiger partial charge >= 0.3 is 0 Å². The van der Waals surface area contributed by atoms with Gasteiger partial charge in [0.1, 0.15) is 5.76 Å². The van der Waals surface area contributed by atoms with E-state index in [1.165, 1.54) is 38.8 Å². The monoisotopic (exact) mass is 305 g/mol. The minimum absolute atomic E-state index is 0.352. The second-order valence-electron chi connectivity index (χ2n) is 7.12. The minimum Gasteiger partial charge on any atom is -0.444 e. The van der Waals surface area contributed by atoms with Gasteiger partial charge in [0, 0.05) is 32.2 Å². The first kappa shape index (κ1) is 14.7. The Labute approximate surface area is 132 Å². The van der Waals surface area contributed by atoms with Crippen molar-refractivity contribution in [2.75, 3.05) is 33.3 Å². The van der Waals surface area contributed by atoms with E-state index in [9.17, 15) is 0 Å². The lowest BCUT2D eigenvalue weighted by atomic mass is 10.2. The number of oxazole rings is 1. The maximum Gasteiger partial charge on any atom is 0.208 e. The van der Waals surface area contributed by atoms with Gasteiger partial charge in [0.05, 0.1) is 18.8 Å². The fourth-order valence-electron chi connectivity index (χ4n) is 3.88. The van der Waals surface area contributed by atoms with Crippen LogP contribution in [0, 0.1) is 0 Å². The number of hydrogen-bond acceptors (Lipinski definition) is 5. The number of rotatable bonds is 6. The first-order valence-electron chi connectivity index (χ1n) is 8.75. The average molecular weight is 305 g/mol. The van der Waals surface area contributed by atoms with E-state index >= 15 is 0 Å². The van der Waals surface area contributed by atoms with Crippen molar-refractivity contribution in [1.82, 2.24) is 14.8 Å². The van der Waals surface area contributed by atoms with E-state index in [1.54, 1.807) is 0 Å². The number of aromatic nitrogens is 1. The molecule has 22 heavy (non-hydrogen) atoms. The smallest absolute Gasteiger partial charge is 0.208 e. The third-order valence-electron chi connectivity index (χ3n) is 5.38. The number of hydrogen-bond donors (Lipinski definition) is 0. The Morgan fingerprint density at radius 1 is 1.32 bits per heavy atom. The van der Waals surface area contributed by atoms with E-state index in [2.05, 4.69) is 14.8 Å². The summed E-state index contributed by atoms with van der Waals surface area (Å²) in [4.78, 5) is 9.60. The molecular weight excluding hydrogens is 278 g/mol. The lowest BCUT2D eigenvalue weighted by molar-refractivity contribution is 0.105. The van der Waals surface area contributed by atoms with Crippen molar-refractivity contribution in [3.63, 3.8) is 0 Å². The number of nitrogens with zero attached hydrogens (tertiary/aromatic N) is 3. The maximum absolute atomic E-state index is 5.95. The molecule has 0 aromatic carbocycles. The van der Waals surface area contributed by atoms with Crippen molar-refractivity contribution in [2.24, 2.45) is 0 Å². The molecule has 1 aromatic heterocycles. The van der Waals surface area contributed by atoms with E-state index in [1.807, 2.05) is 13.3 Å². The standard InChI is InChI=1S/C17H27N3O2/c1-21-15-8-14(10-19-6-2-3-7-19)20(11-15)12-17-18-9-16(22-17)13-4-5-13/h9,13-15H,2-8,10-12H2,1H3/t14-,15-/m0/s1. The summed E-state index contributed by atoms with van der Waals surface area (Å²) in [6.45, 7) is 5.50. The van der Waals surface area contributed by atoms with E-state index in [-0.39, 0.29) is 0 Å². The third-order valence-corrected chi connectivity index (χ3v) is 5.38. The van der Waals surface area contributed by atoms with Gasteiger partial charge in [-0.3, -0.25) is 4.90 Å². The van der Waals surface area contributed by atoms with Gasteiger partial charge in [-0.05, 0) is 45.2 Å². The topological polar surface area (TPSA) is 41.7 Å². The molecule has 1 aromatic rings. The minimum atomic E-state index is 0.352. The highest BCUT2D eigenvalue weighted by molar-refractivity contribution is 5.08. The zero-order valence-electron chi connectivity index (χ0n) is 13.5. The molecule has 122 valence electrons. The SMILES string of the molecule is CO[C@H]1C[C@@H](CN2CCCC2)N(Cc2ncc(C3CC3)o2)C1. The molecule has 3 fully saturated rings. The molecule has 2 saturated heterocycles. The van der Waals surface area contributed by atoms with Crippen LogP contribution in [0.15, 0.2) is 10.6 Å². The van der Waals surface area contributed by atoms with Crippen LogP contribution in [-0.4, -0.2) is 60.2 Å². The summed E-state index contributed by atoms with van der Waals surface area (Å²) in [6, 6.07) is 0.569. The van der Waals surface area contributed by atoms with Crippen LogP contribution in [0.25, 0.3) is 0 Å². The lowest BCUT2D eigenvalue weighted by Crippen LogP contribution is -2.39. The van der Waals surface area contributed by atoms with Gasteiger partial charge in [0.15, 0.2) is 0 Å². The molecule has 3 heterocycles. The van der Waals surface area contributed by atoms with Crippen molar-refractivity contribution in [1.29, 1.82) is 0 Å². The molecule has 2 atom stereocenters. The molecule has 0 bridgehead atoms. The molecule has 0 N–H and O–H groups in total. The Hall–Kier alpha value is -0.910. The Morgan fingerprint density at radius 2 is 2.14 bits per heavy atom. The van der Waals surface area contributed by atoms with E-state index in [0.29, 0.717) is 18.1 Å². The molecule has 0 amide bonds. The predicted molar refractivity (Wildman–Crippen MR) is 83.8 cm³/mol. The van der Waals surface area contributed by atoms with Crippen molar-refractivity contribution >= 4 is 0 Å². The second kappa shape index (κ2) is 6.30. The van der Waals surface area contributed by atoms with Crippen LogP contribution in [0.3, 0.4) is 0 Å². The first-order valence-corrected chi connectivity index (χ1v) is 8.75. The lowest BCUT2D eigenvalue weighted by Gasteiger charge is -2.27. The summed E-state index contributed by atoms with van der Waals surface area (Å²) in [5, 5.41) is 0. The van der Waals surface area contributed by atoms with Gasteiger partial charge in [0.2, 0.25) is 5.89 Å². The van der Waals surface area contributed by atoms with Crippen LogP contribution >= 0.6 is 0 Å². The van der Waals surface area contributed by atoms with Crippen LogP contribution in [0.5, 0.6) is 0 Å². The van der Waals surface area contributed by atoms with Crippen LogP contribution < -0.4 is 0 Å². The largest absolute Gasteiger partial charge is 0.444 e. The van der Waals surface area contributed by atoms with Gasteiger partial charge in [0.25, 0.3) is 0 Å². The quantitative estimate of drug-likeness (QED) is 0.806. The molecule has 1 aliphatic carbocycles. The molecule has 5 heteroatoms. The maximum atomic E-state index is 5.95. The van der Waals surface area contributed by atoms with Gasteiger partial charge < -0.3 is 14.1 Å². The predicted octanol–water partition coefficient (Wildman–Crippen LogP) is 2.24. The normalized spacial score (nSPS) is 30.4. The van der Waals surface area contributed by atoms with Crippen LogP contribution in [0.2, 0.25) is 0 Å². The molecule has 5 nitrogen and oxygen atoms in total. The van der Waals surface area contributed by atoms with Gasteiger partial charge in [-0.1, -0.05) is 0 Å². The summed E-state index contributed by atoms with van der Waals surface area (Å²) in [5.74, 6) is 2.62. The number of methoxy groups -OCH3 is 1. The summed E-state index contributed by atoms with van der Waals surface area (Å²) in [7, 11) is 1.83. The average Bonchev–Trinajstić information content (AvgIpc) is 2.93. The van der Waals surface area contributed by atoms with Crippen LogP contribution in [-0.2, 0) is 11.3 Å². The Balaban J connectivity index is 1.39. The Morgan fingerprint density at radius 3 is 2.86 bits per heavy atom. The van der Waals surface area contributed by atoms with Crippen molar-refractivity contribution in [3.05, 3.63) is 17.8 Å². The molecule has 0 unspecified atom stereocenters. The first-order chi connectivity index (χ1) is 10.8. The van der Waals surface area contributed by atoms with Crippen LogP contribution in [0.1, 0.15) is 49.7 Å². The molecule has 4 rings (SSSR count). The number of ether oxygens (including phenoxy) is 1. The van der Waals surface area contributed by atoms with Crippen molar-refractivity contribution in [3.8, 4) is 0 Å². The van der Waals surface area contributed by atoms with Gasteiger partial charge in [-0.2, -0.15) is 0 Å². The zero-order chi connectivity index (χ0) is 14.9. The summed E-state index contributed by atoms with van der Waals surface area (Å²) < 4.78 is 11.6. The summed E-state index contributed by atoms with van der Waals surface area (Å²) >= 11 is 0. The fourth-order valence-corrected chi connectivity index (χ4v) is 3.88. The van der Waals surface area contributed by atoms with Crippen molar-refractivity contribution in [2.45, 2.75) is 56.7 Å². The third kappa shape index (κ3) is 3.21. The fraction of sp³-hybridized carbons (Fsp3) is 0.824. The highest BCUT2D eigenvalue weighted by Crippen LogP contribution is 2.40. The second-order valence-corrected chi connectivity index (χ2v) is 7.12. The Kier molecular flexibility index (Phi) is 4.20. The molecule has 0 spiro atoms. The van der Waals surface area contributed by atoms with E-state index in [0.717, 1.165) is 37.7 Å². The molecular formula is C17H27N3O2. The van der Waals surface area contributed by atoms with Gasteiger partial charge in [-0.15, -0.1) is 0 Å². The van der Waals surface area contributed by atoms with Crippen LogP contribution in [0.4, 0.5) is 0 Å². The highest BCUT2D eigenvalue weighted by Gasteiger charge is 2.35. The molecule has 3 aliphatic rings. The molecule has 0 radical (unpaired) electrons.